The third-order valence-electron chi connectivity index (χ3n) is 3.59. The fraction of sp³-hybridized carbons (Fsp3) is 0.692. The van der Waals surface area contributed by atoms with Crippen molar-refractivity contribution in [3.8, 4) is 0 Å². The van der Waals surface area contributed by atoms with Crippen LogP contribution >= 0.6 is 11.3 Å². The first-order valence-corrected chi connectivity index (χ1v) is 7.27. The van der Waals surface area contributed by atoms with Crippen molar-refractivity contribution in [1.82, 2.24) is 4.90 Å². The van der Waals surface area contributed by atoms with Crippen LogP contribution in [0.1, 0.15) is 23.4 Å². The molecule has 0 bridgehead atoms. The van der Waals surface area contributed by atoms with E-state index >= 15 is 0 Å². The van der Waals surface area contributed by atoms with Crippen molar-refractivity contribution in [3.63, 3.8) is 0 Å². The van der Waals surface area contributed by atoms with Gasteiger partial charge in [-0.25, -0.2) is 0 Å². The fourth-order valence-corrected chi connectivity index (χ4v) is 3.56. The molecule has 2 heterocycles. The first-order valence-electron chi connectivity index (χ1n) is 6.39. The van der Waals surface area contributed by atoms with Gasteiger partial charge < -0.3 is 15.6 Å². The van der Waals surface area contributed by atoms with Gasteiger partial charge >= 0.3 is 0 Å². The van der Waals surface area contributed by atoms with Gasteiger partial charge in [0.25, 0.3) is 0 Å². The van der Waals surface area contributed by atoms with Gasteiger partial charge in [0.1, 0.15) is 0 Å². The smallest absolute Gasteiger partial charge is 0.0933 e. The summed E-state index contributed by atoms with van der Waals surface area (Å²) in [6.45, 7) is 6.36. The summed E-state index contributed by atoms with van der Waals surface area (Å²) in [4.78, 5) is 3.70. The van der Waals surface area contributed by atoms with Gasteiger partial charge in [-0.1, -0.05) is 0 Å². The van der Waals surface area contributed by atoms with Crippen molar-refractivity contribution < 1.29 is 9.84 Å². The molecule has 3 atom stereocenters. The zero-order valence-corrected chi connectivity index (χ0v) is 11.8. The molecule has 1 aromatic rings. The summed E-state index contributed by atoms with van der Waals surface area (Å²) in [6.07, 6.45) is -0.0875. The number of hydrogen-bond donors (Lipinski definition) is 2. The van der Waals surface area contributed by atoms with Crippen molar-refractivity contribution in [2.75, 3.05) is 26.3 Å². The van der Waals surface area contributed by atoms with Crippen molar-refractivity contribution in [3.05, 3.63) is 21.9 Å². The minimum atomic E-state index is -0.0875. The summed E-state index contributed by atoms with van der Waals surface area (Å²) in [5.74, 6) is 0. The molecular weight excluding hydrogens is 248 g/mol. The van der Waals surface area contributed by atoms with Crippen LogP contribution in [-0.4, -0.2) is 48.5 Å². The summed E-state index contributed by atoms with van der Waals surface area (Å²) < 4.78 is 5.58. The van der Waals surface area contributed by atoms with Gasteiger partial charge in [0.2, 0.25) is 0 Å². The lowest BCUT2D eigenvalue weighted by Gasteiger charge is -2.42. The summed E-state index contributed by atoms with van der Waals surface area (Å²) in [5.41, 5.74) is 7.28. The van der Waals surface area contributed by atoms with Crippen molar-refractivity contribution in [1.29, 1.82) is 0 Å². The van der Waals surface area contributed by atoms with E-state index in [-0.39, 0.29) is 18.8 Å². The second-order valence-corrected chi connectivity index (χ2v) is 5.85. The summed E-state index contributed by atoms with van der Waals surface area (Å²) in [5, 5.41) is 11.4. The van der Waals surface area contributed by atoms with Crippen LogP contribution in [0.5, 0.6) is 0 Å². The number of aliphatic hydroxyl groups is 1. The van der Waals surface area contributed by atoms with Gasteiger partial charge in [0, 0.05) is 24.0 Å². The van der Waals surface area contributed by atoms with E-state index in [0.29, 0.717) is 19.2 Å². The molecule has 1 fully saturated rings. The molecule has 0 radical (unpaired) electrons. The predicted molar refractivity (Wildman–Crippen MR) is 73.8 cm³/mol. The maximum atomic E-state index is 9.25. The molecule has 1 saturated heterocycles. The zero-order valence-electron chi connectivity index (χ0n) is 11.0. The highest BCUT2D eigenvalue weighted by Crippen LogP contribution is 2.31. The van der Waals surface area contributed by atoms with Crippen LogP contribution in [0.2, 0.25) is 0 Å². The van der Waals surface area contributed by atoms with Crippen LogP contribution in [0.3, 0.4) is 0 Å². The Labute approximate surface area is 112 Å². The Bertz CT molecular complexity index is 383. The first kappa shape index (κ1) is 14.0. The van der Waals surface area contributed by atoms with Crippen molar-refractivity contribution in [2.45, 2.75) is 32.0 Å². The molecule has 1 aliphatic heterocycles. The van der Waals surface area contributed by atoms with E-state index in [1.807, 2.05) is 0 Å². The SMILES string of the molecule is Cc1ccsc1C(CN)N1CC(CO)OCC1C. The molecule has 0 spiro atoms. The van der Waals surface area contributed by atoms with Crippen LogP contribution in [0.15, 0.2) is 11.4 Å². The van der Waals surface area contributed by atoms with E-state index < -0.39 is 0 Å². The Balaban J connectivity index is 2.18. The molecule has 102 valence electrons. The molecule has 5 heteroatoms. The number of ether oxygens (including phenoxy) is 1. The van der Waals surface area contributed by atoms with Gasteiger partial charge in [0.05, 0.1) is 25.4 Å². The molecule has 0 aliphatic carbocycles. The Morgan fingerprint density at radius 3 is 3.00 bits per heavy atom. The Morgan fingerprint density at radius 1 is 1.67 bits per heavy atom. The summed E-state index contributed by atoms with van der Waals surface area (Å²) in [7, 11) is 0. The highest BCUT2D eigenvalue weighted by Gasteiger charge is 2.32. The van der Waals surface area contributed by atoms with Gasteiger partial charge in [-0.15, -0.1) is 11.3 Å². The van der Waals surface area contributed by atoms with Crippen LogP contribution in [0.25, 0.3) is 0 Å². The monoisotopic (exact) mass is 270 g/mol. The van der Waals surface area contributed by atoms with Gasteiger partial charge in [-0.2, -0.15) is 0 Å². The molecule has 2 rings (SSSR count). The summed E-state index contributed by atoms with van der Waals surface area (Å²) >= 11 is 1.76. The molecule has 0 saturated carbocycles. The minimum Gasteiger partial charge on any atom is -0.394 e. The van der Waals surface area contributed by atoms with E-state index in [1.54, 1.807) is 11.3 Å². The Morgan fingerprint density at radius 2 is 2.44 bits per heavy atom. The van der Waals surface area contributed by atoms with E-state index in [9.17, 15) is 5.11 Å². The van der Waals surface area contributed by atoms with E-state index in [2.05, 4.69) is 30.2 Å². The number of morpholine rings is 1. The maximum absolute atomic E-state index is 9.25. The van der Waals surface area contributed by atoms with Crippen LogP contribution in [0.4, 0.5) is 0 Å². The molecular formula is C13H22N2O2S. The average Bonchev–Trinajstić information content (AvgIpc) is 2.79. The zero-order chi connectivity index (χ0) is 13.1. The standard InChI is InChI=1S/C13H22N2O2S/c1-9-3-4-18-13(9)12(5-14)15-6-11(7-16)17-8-10(15)2/h3-4,10-12,16H,5-8,14H2,1-2H3. The molecule has 1 aliphatic rings. The Kier molecular flexibility index (Phi) is 4.75. The predicted octanol–water partition coefficient (Wildman–Crippen LogP) is 1.14. The molecule has 1 aromatic heterocycles. The second-order valence-electron chi connectivity index (χ2n) is 4.90. The third-order valence-corrected chi connectivity index (χ3v) is 4.71. The lowest BCUT2D eigenvalue weighted by Crippen LogP contribution is -2.52. The second kappa shape index (κ2) is 6.12. The molecule has 0 amide bonds. The largest absolute Gasteiger partial charge is 0.394 e. The summed E-state index contributed by atoms with van der Waals surface area (Å²) in [6, 6.07) is 2.71. The van der Waals surface area contributed by atoms with Crippen LogP contribution in [0, 0.1) is 6.92 Å². The average molecular weight is 270 g/mol. The normalized spacial score (nSPS) is 27.3. The van der Waals surface area contributed by atoms with Gasteiger partial charge in [0.15, 0.2) is 0 Å². The molecule has 3 unspecified atom stereocenters. The number of hydrogen-bond acceptors (Lipinski definition) is 5. The molecule has 0 aromatic carbocycles. The number of nitrogens with zero attached hydrogens (tertiary/aromatic N) is 1. The molecule has 18 heavy (non-hydrogen) atoms. The highest BCUT2D eigenvalue weighted by atomic mass is 32.1. The molecule has 3 N–H and O–H groups in total. The van der Waals surface area contributed by atoms with E-state index in [4.69, 9.17) is 10.5 Å². The number of aryl methyl sites for hydroxylation is 1. The van der Waals surface area contributed by atoms with E-state index in [1.165, 1.54) is 10.4 Å². The highest BCUT2D eigenvalue weighted by molar-refractivity contribution is 7.10. The number of aliphatic hydroxyl groups excluding tert-OH is 1. The third kappa shape index (κ3) is 2.75. The van der Waals surface area contributed by atoms with Crippen molar-refractivity contribution >= 4 is 11.3 Å². The number of nitrogens with two attached hydrogens (primary N) is 1. The number of thiophene rings is 1. The molecule has 4 nitrogen and oxygen atoms in total. The topological polar surface area (TPSA) is 58.7 Å². The van der Waals surface area contributed by atoms with Crippen LogP contribution in [-0.2, 0) is 4.74 Å². The van der Waals surface area contributed by atoms with Gasteiger partial charge in [-0.3, -0.25) is 4.90 Å². The van der Waals surface area contributed by atoms with Crippen LogP contribution < -0.4 is 5.73 Å². The Hall–Kier alpha value is -0.460. The lowest BCUT2D eigenvalue weighted by atomic mass is 10.1. The first-order chi connectivity index (χ1) is 8.67. The maximum Gasteiger partial charge on any atom is 0.0933 e. The van der Waals surface area contributed by atoms with Crippen molar-refractivity contribution in [2.24, 2.45) is 5.73 Å². The quantitative estimate of drug-likeness (QED) is 0.861. The fourth-order valence-electron chi connectivity index (χ4n) is 2.50. The van der Waals surface area contributed by atoms with E-state index in [0.717, 1.165) is 6.54 Å². The van der Waals surface area contributed by atoms with Gasteiger partial charge in [-0.05, 0) is 30.9 Å². The minimum absolute atomic E-state index is 0.0733. The lowest BCUT2D eigenvalue weighted by molar-refractivity contribution is -0.0903. The number of rotatable bonds is 4.